The van der Waals surface area contributed by atoms with E-state index in [4.69, 9.17) is 4.42 Å². The first-order valence-corrected chi connectivity index (χ1v) is 4.65. The molecule has 0 atom stereocenters. The van der Waals surface area contributed by atoms with Crippen molar-refractivity contribution in [1.82, 2.24) is 9.88 Å². The zero-order chi connectivity index (χ0) is 10.6. The fraction of sp³-hybridized carbons (Fsp3) is 0.600. The van der Waals surface area contributed by atoms with Gasteiger partial charge in [-0.25, -0.2) is 4.98 Å². The first-order valence-electron chi connectivity index (χ1n) is 4.65. The van der Waals surface area contributed by atoms with Crippen molar-refractivity contribution >= 4 is 5.78 Å². The van der Waals surface area contributed by atoms with E-state index in [-0.39, 0.29) is 5.78 Å². The van der Waals surface area contributed by atoms with Gasteiger partial charge < -0.3 is 9.32 Å². The van der Waals surface area contributed by atoms with Gasteiger partial charge >= 0.3 is 0 Å². The molecule has 1 aromatic heterocycles. The first kappa shape index (κ1) is 10.9. The summed E-state index contributed by atoms with van der Waals surface area (Å²) in [5.74, 6) is 1.46. The molecule has 0 radical (unpaired) electrons. The van der Waals surface area contributed by atoms with Crippen LogP contribution < -0.4 is 0 Å². The number of nitrogens with zero attached hydrogens (tertiary/aromatic N) is 2. The monoisotopic (exact) mass is 196 g/mol. The molecule has 0 amide bonds. The smallest absolute Gasteiger partial charge is 0.195 e. The molecule has 14 heavy (non-hydrogen) atoms. The lowest BCUT2D eigenvalue weighted by molar-refractivity contribution is -0.116. The Morgan fingerprint density at radius 3 is 2.86 bits per heavy atom. The molecule has 0 aliphatic heterocycles. The van der Waals surface area contributed by atoms with Crippen molar-refractivity contribution < 1.29 is 9.21 Å². The third kappa shape index (κ3) is 3.70. The summed E-state index contributed by atoms with van der Waals surface area (Å²) in [7, 11) is 4.00. The van der Waals surface area contributed by atoms with Crippen LogP contribution in [0.1, 0.15) is 18.6 Å². The van der Waals surface area contributed by atoms with E-state index >= 15 is 0 Å². The van der Waals surface area contributed by atoms with E-state index < -0.39 is 0 Å². The van der Waals surface area contributed by atoms with Gasteiger partial charge in [-0.1, -0.05) is 0 Å². The molecule has 0 aromatic carbocycles. The summed E-state index contributed by atoms with van der Waals surface area (Å²) in [4.78, 5) is 17.0. The first-order chi connectivity index (χ1) is 6.58. The molecule has 0 bridgehead atoms. The van der Waals surface area contributed by atoms with Gasteiger partial charge in [0.25, 0.3) is 0 Å². The molecule has 0 saturated heterocycles. The van der Waals surface area contributed by atoms with Gasteiger partial charge in [-0.3, -0.25) is 4.79 Å². The van der Waals surface area contributed by atoms with Crippen LogP contribution in [0.4, 0.5) is 0 Å². The van der Waals surface area contributed by atoms with Crippen molar-refractivity contribution in [3.63, 3.8) is 0 Å². The predicted octanol–water partition coefficient (Wildman–Crippen LogP) is 0.910. The van der Waals surface area contributed by atoms with Crippen LogP contribution in [0.15, 0.2) is 10.6 Å². The number of Topliss-reactive ketones (excluding diaryl/α,β-unsaturated/α-hetero) is 1. The zero-order valence-electron chi connectivity index (χ0n) is 8.91. The number of likely N-dealkylation sites (N-methyl/N-ethyl adjacent to an activating group) is 1. The van der Waals surface area contributed by atoms with E-state index in [9.17, 15) is 4.79 Å². The number of hydrogen-bond donors (Lipinski definition) is 0. The van der Waals surface area contributed by atoms with Gasteiger partial charge in [-0.15, -0.1) is 0 Å². The summed E-state index contributed by atoms with van der Waals surface area (Å²) < 4.78 is 5.39. The Hall–Kier alpha value is -1.16. The van der Waals surface area contributed by atoms with Crippen molar-refractivity contribution in [2.24, 2.45) is 0 Å². The number of carbonyl (C=O) groups is 1. The number of ketones is 1. The summed E-state index contributed by atoms with van der Waals surface area (Å²) in [6.07, 6.45) is 2.76. The Balaban J connectivity index is 2.46. The Bertz CT molecular complexity index is 305. The SMILES string of the molecule is CC(=O)Cc1cnc(CCN(C)C)o1. The minimum atomic E-state index is 0.0975. The van der Waals surface area contributed by atoms with Gasteiger partial charge in [-0.05, 0) is 21.0 Å². The molecule has 1 heterocycles. The quantitative estimate of drug-likeness (QED) is 0.702. The van der Waals surface area contributed by atoms with Gasteiger partial charge in [0.15, 0.2) is 5.89 Å². The summed E-state index contributed by atoms with van der Waals surface area (Å²) in [6.45, 7) is 2.45. The lowest BCUT2D eigenvalue weighted by Gasteiger charge is -2.05. The second kappa shape index (κ2) is 4.91. The second-order valence-corrected chi connectivity index (χ2v) is 3.65. The van der Waals surface area contributed by atoms with E-state index in [1.807, 2.05) is 14.1 Å². The highest BCUT2D eigenvalue weighted by Crippen LogP contribution is 2.05. The summed E-state index contributed by atoms with van der Waals surface area (Å²) in [6, 6.07) is 0. The van der Waals surface area contributed by atoms with Crippen LogP contribution in [0, 0.1) is 0 Å². The lowest BCUT2D eigenvalue weighted by Crippen LogP contribution is -2.15. The van der Waals surface area contributed by atoms with Gasteiger partial charge in [0.05, 0.1) is 12.6 Å². The van der Waals surface area contributed by atoms with Gasteiger partial charge in [0.2, 0.25) is 0 Å². The standard InChI is InChI=1S/C10H16N2O2/c1-8(13)6-9-7-11-10(14-9)4-5-12(2)3/h7H,4-6H2,1-3H3. The van der Waals surface area contributed by atoms with Crippen LogP contribution in [-0.2, 0) is 17.6 Å². The van der Waals surface area contributed by atoms with E-state index in [2.05, 4.69) is 9.88 Å². The summed E-state index contributed by atoms with van der Waals surface area (Å²) in [5.41, 5.74) is 0. The number of oxazole rings is 1. The van der Waals surface area contributed by atoms with Gasteiger partial charge in [0, 0.05) is 13.0 Å². The Kier molecular flexibility index (Phi) is 3.83. The minimum Gasteiger partial charge on any atom is -0.445 e. The normalized spacial score (nSPS) is 10.9. The van der Waals surface area contributed by atoms with Crippen molar-refractivity contribution in [2.75, 3.05) is 20.6 Å². The van der Waals surface area contributed by atoms with E-state index in [1.165, 1.54) is 0 Å². The fourth-order valence-electron chi connectivity index (χ4n) is 1.11. The van der Waals surface area contributed by atoms with Crippen LogP contribution in [-0.4, -0.2) is 36.3 Å². The van der Waals surface area contributed by atoms with Gasteiger partial charge in [-0.2, -0.15) is 0 Å². The molecule has 4 nitrogen and oxygen atoms in total. The van der Waals surface area contributed by atoms with Crippen molar-refractivity contribution in [2.45, 2.75) is 19.8 Å². The highest BCUT2D eigenvalue weighted by atomic mass is 16.4. The molecule has 1 aromatic rings. The van der Waals surface area contributed by atoms with Crippen molar-refractivity contribution in [3.05, 3.63) is 17.8 Å². The lowest BCUT2D eigenvalue weighted by atomic mass is 10.3. The molecule has 0 aliphatic rings. The molecule has 0 N–H and O–H groups in total. The molecular weight excluding hydrogens is 180 g/mol. The third-order valence-electron chi connectivity index (χ3n) is 1.80. The maximum Gasteiger partial charge on any atom is 0.195 e. The van der Waals surface area contributed by atoms with E-state index in [1.54, 1.807) is 13.1 Å². The summed E-state index contributed by atoms with van der Waals surface area (Å²) in [5, 5.41) is 0. The Labute approximate surface area is 83.9 Å². The largest absolute Gasteiger partial charge is 0.445 e. The molecule has 0 fully saturated rings. The van der Waals surface area contributed by atoms with Crippen LogP contribution in [0.2, 0.25) is 0 Å². The molecule has 1 rings (SSSR count). The Morgan fingerprint density at radius 1 is 1.57 bits per heavy atom. The highest BCUT2D eigenvalue weighted by Gasteiger charge is 2.05. The molecule has 0 saturated carbocycles. The van der Waals surface area contributed by atoms with Crippen molar-refractivity contribution in [3.8, 4) is 0 Å². The minimum absolute atomic E-state index is 0.0975. The van der Waals surface area contributed by atoms with E-state index in [0.29, 0.717) is 18.1 Å². The van der Waals surface area contributed by atoms with Crippen LogP contribution in [0.25, 0.3) is 0 Å². The van der Waals surface area contributed by atoms with Crippen LogP contribution in [0.3, 0.4) is 0 Å². The average molecular weight is 196 g/mol. The van der Waals surface area contributed by atoms with E-state index in [0.717, 1.165) is 13.0 Å². The van der Waals surface area contributed by atoms with Crippen LogP contribution >= 0.6 is 0 Å². The third-order valence-corrected chi connectivity index (χ3v) is 1.80. The number of rotatable bonds is 5. The van der Waals surface area contributed by atoms with Crippen molar-refractivity contribution in [1.29, 1.82) is 0 Å². The maximum absolute atomic E-state index is 10.8. The Morgan fingerprint density at radius 2 is 2.29 bits per heavy atom. The molecule has 4 heteroatoms. The highest BCUT2D eigenvalue weighted by molar-refractivity contribution is 5.77. The topological polar surface area (TPSA) is 46.3 Å². The predicted molar refractivity (Wildman–Crippen MR) is 53.1 cm³/mol. The van der Waals surface area contributed by atoms with Crippen LogP contribution in [0.5, 0.6) is 0 Å². The zero-order valence-corrected chi connectivity index (χ0v) is 8.91. The molecule has 78 valence electrons. The fourth-order valence-corrected chi connectivity index (χ4v) is 1.11. The number of aromatic nitrogens is 1. The summed E-state index contributed by atoms with van der Waals surface area (Å²) >= 11 is 0. The number of carbonyl (C=O) groups excluding carboxylic acids is 1. The molecular formula is C10H16N2O2. The molecule has 0 spiro atoms. The maximum atomic E-state index is 10.8. The molecule has 0 aliphatic carbocycles. The average Bonchev–Trinajstić information content (AvgIpc) is 2.47. The second-order valence-electron chi connectivity index (χ2n) is 3.65. The van der Waals surface area contributed by atoms with Gasteiger partial charge in [0.1, 0.15) is 11.5 Å². The molecule has 0 unspecified atom stereocenters. The number of hydrogen-bond acceptors (Lipinski definition) is 4.